The Hall–Kier alpha value is -1.45. The molecule has 0 aromatic carbocycles. The van der Waals surface area contributed by atoms with Crippen molar-refractivity contribution in [1.29, 1.82) is 0 Å². The lowest BCUT2D eigenvalue weighted by Crippen LogP contribution is -2.50. The summed E-state index contributed by atoms with van der Waals surface area (Å²) >= 11 is 0. The van der Waals surface area contributed by atoms with Gasteiger partial charge in [0.25, 0.3) is 5.91 Å². The highest BCUT2D eigenvalue weighted by Gasteiger charge is 2.51. The van der Waals surface area contributed by atoms with Crippen LogP contribution < -0.4 is 5.32 Å². The number of ether oxygens (including phenoxy) is 1. The molecule has 3 heterocycles. The van der Waals surface area contributed by atoms with Crippen LogP contribution in [0.3, 0.4) is 0 Å². The van der Waals surface area contributed by atoms with Gasteiger partial charge in [0.2, 0.25) is 10.0 Å². The third kappa shape index (κ3) is 5.14. The largest absolute Gasteiger partial charge is 0.450 e. The quantitative estimate of drug-likeness (QED) is 0.443. The highest BCUT2D eigenvalue weighted by molar-refractivity contribution is 7.89. The number of hydrogen-bond donors (Lipinski definition) is 1. The van der Waals surface area contributed by atoms with Crippen LogP contribution in [0.25, 0.3) is 0 Å². The maximum atomic E-state index is 13.0. The minimum absolute atomic E-state index is 0.0396. The van der Waals surface area contributed by atoms with Crippen molar-refractivity contribution in [2.45, 2.75) is 77.4 Å². The SMILES string of the molecule is CC[C@@H]1CCCCN1CCCNC(=O)C1=C(C)C(=O)OC12CCN(S(=O)(=O)CC)CC2. The van der Waals surface area contributed by atoms with Crippen LogP contribution in [0.2, 0.25) is 0 Å². The first-order chi connectivity index (χ1) is 14.7. The van der Waals surface area contributed by atoms with Crippen molar-refractivity contribution in [2.24, 2.45) is 0 Å². The van der Waals surface area contributed by atoms with Gasteiger partial charge in [-0.25, -0.2) is 17.5 Å². The van der Waals surface area contributed by atoms with Gasteiger partial charge < -0.3 is 15.0 Å². The van der Waals surface area contributed by atoms with Gasteiger partial charge in [0, 0.05) is 50.6 Å². The molecule has 176 valence electrons. The van der Waals surface area contributed by atoms with E-state index >= 15 is 0 Å². The fourth-order valence-electron chi connectivity index (χ4n) is 5.18. The molecular formula is C22H37N3O5S. The molecule has 1 amide bonds. The van der Waals surface area contributed by atoms with Crippen molar-refractivity contribution in [2.75, 3.05) is 38.5 Å². The summed E-state index contributed by atoms with van der Waals surface area (Å²) in [5, 5.41) is 2.98. The second kappa shape index (κ2) is 10.0. The standard InChI is InChI=1S/C22H37N3O5S/c1-4-18-9-6-7-13-24(18)14-8-12-23-20(26)19-17(3)21(27)30-22(19)10-15-25(16-11-22)31(28,29)5-2/h18H,4-16H2,1-3H3,(H,23,26)/t18-/m1/s1. The Morgan fingerprint density at radius 2 is 1.90 bits per heavy atom. The number of rotatable bonds is 8. The van der Waals surface area contributed by atoms with Crippen LogP contribution >= 0.6 is 0 Å². The molecular weight excluding hydrogens is 418 g/mol. The van der Waals surface area contributed by atoms with Gasteiger partial charge in [-0.2, -0.15) is 0 Å². The summed E-state index contributed by atoms with van der Waals surface area (Å²) in [6, 6.07) is 0.642. The number of esters is 1. The van der Waals surface area contributed by atoms with Crippen LogP contribution in [-0.2, 0) is 24.3 Å². The molecule has 0 saturated carbocycles. The number of carbonyl (C=O) groups excluding carboxylic acids is 2. The van der Waals surface area contributed by atoms with Gasteiger partial charge >= 0.3 is 5.97 Å². The summed E-state index contributed by atoms with van der Waals surface area (Å²) in [4.78, 5) is 27.9. The molecule has 1 N–H and O–H groups in total. The molecule has 1 spiro atoms. The fraction of sp³-hybridized carbons (Fsp3) is 0.818. The highest BCUT2D eigenvalue weighted by Crippen LogP contribution is 2.41. The molecule has 3 aliphatic heterocycles. The van der Waals surface area contributed by atoms with E-state index in [0.717, 1.165) is 25.9 Å². The molecule has 2 fully saturated rings. The van der Waals surface area contributed by atoms with Crippen molar-refractivity contribution >= 4 is 21.9 Å². The maximum Gasteiger partial charge on any atom is 0.335 e. The van der Waals surface area contributed by atoms with Crippen LogP contribution in [0.5, 0.6) is 0 Å². The molecule has 2 saturated heterocycles. The molecule has 1 atom stereocenters. The van der Waals surface area contributed by atoms with E-state index in [2.05, 4.69) is 17.1 Å². The Kier molecular flexibility index (Phi) is 7.81. The van der Waals surface area contributed by atoms with E-state index in [1.807, 2.05) is 0 Å². The lowest BCUT2D eigenvalue weighted by atomic mass is 9.83. The Morgan fingerprint density at radius 3 is 2.55 bits per heavy atom. The minimum Gasteiger partial charge on any atom is -0.450 e. The molecule has 3 aliphatic rings. The van der Waals surface area contributed by atoms with Crippen molar-refractivity contribution in [3.63, 3.8) is 0 Å². The number of hydrogen-bond acceptors (Lipinski definition) is 6. The molecule has 9 heteroatoms. The summed E-state index contributed by atoms with van der Waals surface area (Å²) in [7, 11) is -3.30. The molecule has 0 unspecified atom stereocenters. The highest BCUT2D eigenvalue weighted by atomic mass is 32.2. The van der Waals surface area contributed by atoms with E-state index < -0.39 is 21.6 Å². The van der Waals surface area contributed by atoms with Gasteiger partial charge in [-0.15, -0.1) is 0 Å². The van der Waals surface area contributed by atoms with Crippen molar-refractivity contribution in [1.82, 2.24) is 14.5 Å². The van der Waals surface area contributed by atoms with Crippen molar-refractivity contribution in [3.05, 3.63) is 11.1 Å². The molecule has 0 aromatic heterocycles. The van der Waals surface area contributed by atoms with Crippen LogP contribution in [0.4, 0.5) is 0 Å². The maximum absolute atomic E-state index is 13.0. The van der Waals surface area contributed by atoms with E-state index in [1.165, 1.54) is 23.6 Å². The smallest absolute Gasteiger partial charge is 0.335 e. The summed E-state index contributed by atoms with van der Waals surface area (Å²) < 4.78 is 31.4. The number of likely N-dealkylation sites (tertiary alicyclic amines) is 1. The van der Waals surface area contributed by atoms with E-state index in [0.29, 0.717) is 36.6 Å². The van der Waals surface area contributed by atoms with Crippen molar-refractivity contribution in [3.8, 4) is 0 Å². The van der Waals surface area contributed by atoms with E-state index in [9.17, 15) is 18.0 Å². The zero-order valence-corrected chi connectivity index (χ0v) is 19.9. The monoisotopic (exact) mass is 455 g/mol. The average molecular weight is 456 g/mol. The third-order valence-corrected chi connectivity index (χ3v) is 8.95. The Bertz CT molecular complexity index is 815. The van der Waals surface area contributed by atoms with E-state index in [4.69, 9.17) is 4.74 Å². The Balaban J connectivity index is 1.58. The molecule has 0 radical (unpaired) electrons. The van der Waals surface area contributed by atoms with E-state index in [1.54, 1.807) is 13.8 Å². The summed E-state index contributed by atoms with van der Waals surface area (Å²) in [5.74, 6) is -0.699. The lowest BCUT2D eigenvalue weighted by molar-refractivity contribution is -0.150. The molecule has 0 bridgehead atoms. The second-order valence-electron chi connectivity index (χ2n) is 8.89. The minimum atomic E-state index is -3.30. The van der Waals surface area contributed by atoms with Crippen LogP contribution in [0.15, 0.2) is 11.1 Å². The topological polar surface area (TPSA) is 96.0 Å². The third-order valence-electron chi connectivity index (χ3n) is 7.07. The van der Waals surface area contributed by atoms with Crippen LogP contribution in [0.1, 0.15) is 65.7 Å². The average Bonchev–Trinajstić information content (AvgIpc) is 3.00. The molecule has 3 rings (SSSR count). The molecule has 8 nitrogen and oxygen atoms in total. The van der Waals surface area contributed by atoms with E-state index in [-0.39, 0.29) is 24.7 Å². The summed E-state index contributed by atoms with van der Waals surface area (Å²) in [6.45, 7) is 8.60. The Morgan fingerprint density at radius 1 is 1.19 bits per heavy atom. The normalized spacial score (nSPS) is 25.1. The number of piperidine rings is 2. The van der Waals surface area contributed by atoms with Gasteiger partial charge in [0.05, 0.1) is 11.3 Å². The Labute approximate surface area is 186 Å². The fourth-order valence-corrected chi connectivity index (χ4v) is 6.28. The zero-order valence-electron chi connectivity index (χ0n) is 19.1. The molecule has 31 heavy (non-hydrogen) atoms. The molecule has 0 aromatic rings. The first-order valence-corrected chi connectivity index (χ1v) is 13.3. The van der Waals surface area contributed by atoms with Gasteiger partial charge in [0.1, 0.15) is 5.60 Å². The van der Waals surface area contributed by atoms with Gasteiger partial charge in [-0.3, -0.25) is 4.79 Å². The number of nitrogens with zero attached hydrogens (tertiary/aromatic N) is 2. The van der Waals surface area contributed by atoms with Gasteiger partial charge in [-0.1, -0.05) is 13.3 Å². The summed E-state index contributed by atoms with van der Waals surface area (Å²) in [6.07, 6.45) is 6.42. The van der Waals surface area contributed by atoms with Crippen molar-refractivity contribution < 1.29 is 22.7 Å². The zero-order chi connectivity index (χ0) is 22.6. The summed E-state index contributed by atoms with van der Waals surface area (Å²) in [5.41, 5.74) is -0.285. The second-order valence-corrected chi connectivity index (χ2v) is 11.1. The first kappa shape index (κ1) is 24.2. The lowest BCUT2D eigenvalue weighted by Gasteiger charge is -2.38. The number of sulfonamides is 1. The van der Waals surface area contributed by atoms with Crippen LogP contribution in [0, 0.1) is 0 Å². The predicted octanol–water partition coefficient (Wildman–Crippen LogP) is 1.81. The number of nitrogens with one attached hydrogen (secondary N) is 1. The first-order valence-electron chi connectivity index (χ1n) is 11.7. The number of amides is 1. The number of carbonyl (C=O) groups is 2. The van der Waals surface area contributed by atoms with Crippen LogP contribution in [-0.4, -0.2) is 79.6 Å². The van der Waals surface area contributed by atoms with Gasteiger partial charge in [0.15, 0.2) is 0 Å². The van der Waals surface area contributed by atoms with Gasteiger partial charge in [-0.05, 0) is 46.1 Å². The molecule has 0 aliphatic carbocycles. The predicted molar refractivity (Wildman–Crippen MR) is 119 cm³/mol.